The maximum Gasteiger partial charge on any atom is 0.306 e. The largest absolute Gasteiger partial charge is 0.456 e. The molecule has 0 aliphatic rings. The number of ether oxygens (including phenoxy) is 1. The maximum atomic E-state index is 11.9. The minimum absolute atomic E-state index is 0.0482. The van der Waals surface area contributed by atoms with Gasteiger partial charge in [0.2, 0.25) is 5.91 Å². The number of rotatable bonds is 8. The van der Waals surface area contributed by atoms with E-state index in [2.05, 4.69) is 10.6 Å². The summed E-state index contributed by atoms with van der Waals surface area (Å²) in [5.41, 5.74) is 1.50. The van der Waals surface area contributed by atoms with Gasteiger partial charge in [-0.15, -0.1) is 0 Å². The molecule has 2 aromatic rings. The van der Waals surface area contributed by atoms with E-state index >= 15 is 0 Å². The molecule has 2 rings (SSSR count). The van der Waals surface area contributed by atoms with Gasteiger partial charge >= 0.3 is 5.97 Å². The fraction of sp³-hybridized carbons (Fsp3) is 0.250. The Hall–Kier alpha value is -2.86. The van der Waals surface area contributed by atoms with Crippen LogP contribution in [0.5, 0.6) is 0 Å². The molecule has 2 amide bonds. The zero-order chi connectivity index (χ0) is 19.6. The molecule has 2 N–H and O–H groups in total. The van der Waals surface area contributed by atoms with Crippen LogP contribution in [0.1, 0.15) is 31.4 Å². The van der Waals surface area contributed by atoms with Crippen LogP contribution in [0.15, 0.2) is 54.6 Å². The molecule has 0 heterocycles. The average molecular weight is 389 g/mol. The predicted octanol–water partition coefficient (Wildman–Crippen LogP) is 3.48. The quantitative estimate of drug-likeness (QED) is 0.678. The summed E-state index contributed by atoms with van der Waals surface area (Å²) in [6, 6.07) is 16.0. The lowest BCUT2D eigenvalue weighted by Crippen LogP contribution is -2.31. The van der Waals surface area contributed by atoms with E-state index in [4.69, 9.17) is 16.3 Å². The van der Waals surface area contributed by atoms with Gasteiger partial charge in [0.25, 0.3) is 5.91 Å². The number of benzene rings is 2. The zero-order valence-electron chi connectivity index (χ0n) is 14.9. The molecular weight excluding hydrogens is 368 g/mol. The van der Waals surface area contributed by atoms with Crippen LogP contribution in [0.3, 0.4) is 0 Å². The number of hydrogen-bond donors (Lipinski definition) is 2. The summed E-state index contributed by atoms with van der Waals surface area (Å²) >= 11 is 5.84. The van der Waals surface area contributed by atoms with Gasteiger partial charge in [0, 0.05) is 17.1 Å². The first-order chi connectivity index (χ1) is 12.9. The average Bonchev–Trinajstić information content (AvgIpc) is 2.65. The minimum Gasteiger partial charge on any atom is -0.456 e. The van der Waals surface area contributed by atoms with Crippen LogP contribution in [-0.2, 0) is 19.1 Å². The molecule has 142 valence electrons. The van der Waals surface area contributed by atoms with E-state index < -0.39 is 11.9 Å². The fourth-order valence-corrected chi connectivity index (χ4v) is 2.52. The highest BCUT2D eigenvalue weighted by Gasteiger charge is 2.13. The van der Waals surface area contributed by atoms with Crippen LogP contribution in [0.4, 0.5) is 5.69 Å². The molecule has 7 heteroatoms. The van der Waals surface area contributed by atoms with E-state index in [0.717, 1.165) is 5.56 Å². The first kappa shape index (κ1) is 20.5. The van der Waals surface area contributed by atoms with Gasteiger partial charge in [0.05, 0.1) is 12.5 Å². The number of esters is 1. The summed E-state index contributed by atoms with van der Waals surface area (Å²) in [4.78, 5) is 35.4. The Morgan fingerprint density at radius 1 is 1.00 bits per heavy atom. The number of carbonyl (C=O) groups excluding carboxylic acids is 3. The zero-order valence-corrected chi connectivity index (χ0v) is 15.7. The number of halogens is 1. The van der Waals surface area contributed by atoms with Crippen LogP contribution in [-0.4, -0.2) is 24.4 Å². The van der Waals surface area contributed by atoms with Crippen molar-refractivity contribution in [2.45, 2.75) is 25.8 Å². The first-order valence-electron chi connectivity index (χ1n) is 8.49. The van der Waals surface area contributed by atoms with Crippen molar-refractivity contribution in [2.24, 2.45) is 0 Å². The molecule has 0 unspecified atom stereocenters. The molecule has 0 aliphatic carbocycles. The van der Waals surface area contributed by atoms with Crippen LogP contribution >= 0.6 is 11.6 Å². The van der Waals surface area contributed by atoms with Crippen LogP contribution < -0.4 is 10.6 Å². The molecule has 27 heavy (non-hydrogen) atoms. The molecule has 0 bridgehead atoms. The highest BCUT2D eigenvalue weighted by Crippen LogP contribution is 2.15. The summed E-state index contributed by atoms with van der Waals surface area (Å²) < 4.78 is 4.91. The van der Waals surface area contributed by atoms with Crippen LogP contribution in [0.2, 0.25) is 5.02 Å². The molecule has 2 aromatic carbocycles. The molecule has 0 spiro atoms. The van der Waals surface area contributed by atoms with Crippen molar-refractivity contribution in [1.29, 1.82) is 0 Å². The number of anilines is 1. The van der Waals surface area contributed by atoms with Crippen molar-refractivity contribution in [1.82, 2.24) is 5.32 Å². The van der Waals surface area contributed by atoms with Gasteiger partial charge in [-0.2, -0.15) is 0 Å². The van der Waals surface area contributed by atoms with E-state index in [9.17, 15) is 14.4 Å². The molecule has 0 aliphatic heterocycles. The molecule has 0 saturated carbocycles. The van der Waals surface area contributed by atoms with Gasteiger partial charge in [-0.25, -0.2) is 0 Å². The topological polar surface area (TPSA) is 84.5 Å². The SMILES string of the molecule is C[C@@H](NC(=O)COC(=O)CCC(=O)Nc1cccc(Cl)c1)c1ccccc1. The Bertz CT molecular complexity index is 796. The highest BCUT2D eigenvalue weighted by molar-refractivity contribution is 6.30. The molecular formula is C20H21ClN2O4. The second kappa shape index (κ2) is 10.3. The van der Waals surface area contributed by atoms with E-state index in [1.54, 1.807) is 24.3 Å². The Kier molecular flexibility index (Phi) is 7.82. The van der Waals surface area contributed by atoms with Gasteiger partial charge in [-0.3, -0.25) is 14.4 Å². The summed E-state index contributed by atoms with van der Waals surface area (Å²) in [5, 5.41) is 5.89. The van der Waals surface area contributed by atoms with E-state index in [0.29, 0.717) is 10.7 Å². The molecule has 1 atom stereocenters. The summed E-state index contributed by atoms with van der Waals surface area (Å²) in [7, 11) is 0. The van der Waals surface area contributed by atoms with Gasteiger partial charge < -0.3 is 15.4 Å². The number of nitrogens with one attached hydrogen (secondary N) is 2. The Balaban J connectivity index is 1.66. The predicted molar refractivity (Wildman–Crippen MR) is 103 cm³/mol. The monoisotopic (exact) mass is 388 g/mol. The Labute approximate surface area is 162 Å². The number of carbonyl (C=O) groups is 3. The summed E-state index contributed by atoms with van der Waals surface area (Å²) in [6.45, 7) is 1.46. The third-order valence-electron chi connectivity index (χ3n) is 3.71. The maximum absolute atomic E-state index is 11.9. The molecule has 0 aromatic heterocycles. The lowest BCUT2D eigenvalue weighted by Gasteiger charge is -2.14. The normalized spacial score (nSPS) is 11.3. The highest BCUT2D eigenvalue weighted by atomic mass is 35.5. The van der Waals surface area contributed by atoms with Crippen molar-refractivity contribution in [2.75, 3.05) is 11.9 Å². The summed E-state index contributed by atoms with van der Waals surface area (Å²) in [6.07, 6.45) is -0.165. The minimum atomic E-state index is -0.612. The smallest absolute Gasteiger partial charge is 0.306 e. The van der Waals surface area contributed by atoms with E-state index in [1.807, 2.05) is 37.3 Å². The van der Waals surface area contributed by atoms with Crippen molar-refractivity contribution in [3.63, 3.8) is 0 Å². The van der Waals surface area contributed by atoms with Gasteiger partial charge in [0.15, 0.2) is 6.61 Å². The number of amides is 2. The second-order valence-corrected chi connectivity index (χ2v) is 6.36. The molecule has 6 nitrogen and oxygen atoms in total. The first-order valence-corrected chi connectivity index (χ1v) is 8.87. The van der Waals surface area contributed by atoms with Crippen molar-refractivity contribution in [3.05, 3.63) is 65.2 Å². The number of hydrogen-bond acceptors (Lipinski definition) is 4. The third kappa shape index (κ3) is 7.50. The summed E-state index contributed by atoms with van der Waals surface area (Å²) in [5.74, 6) is -1.35. The van der Waals surface area contributed by atoms with Crippen LogP contribution in [0, 0.1) is 0 Å². The van der Waals surface area contributed by atoms with Gasteiger partial charge in [0.1, 0.15) is 0 Å². The van der Waals surface area contributed by atoms with E-state index in [1.165, 1.54) is 0 Å². The van der Waals surface area contributed by atoms with Gasteiger partial charge in [-0.1, -0.05) is 48.0 Å². The molecule has 0 radical (unpaired) electrons. The molecule has 0 saturated heterocycles. The third-order valence-corrected chi connectivity index (χ3v) is 3.94. The van der Waals surface area contributed by atoms with Gasteiger partial charge in [-0.05, 0) is 30.7 Å². The molecule has 0 fully saturated rings. The lowest BCUT2D eigenvalue weighted by atomic mass is 10.1. The van der Waals surface area contributed by atoms with E-state index in [-0.39, 0.29) is 31.4 Å². The Morgan fingerprint density at radius 2 is 1.74 bits per heavy atom. The fourth-order valence-electron chi connectivity index (χ4n) is 2.33. The van der Waals surface area contributed by atoms with Crippen molar-refractivity contribution in [3.8, 4) is 0 Å². The lowest BCUT2D eigenvalue weighted by molar-refractivity contribution is -0.149. The Morgan fingerprint density at radius 3 is 2.44 bits per heavy atom. The van der Waals surface area contributed by atoms with Crippen molar-refractivity contribution < 1.29 is 19.1 Å². The van der Waals surface area contributed by atoms with Crippen molar-refractivity contribution >= 4 is 35.1 Å². The second-order valence-electron chi connectivity index (χ2n) is 5.92. The van der Waals surface area contributed by atoms with Crippen LogP contribution in [0.25, 0.3) is 0 Å². The standard InChI is InChI=1S/C20H21ClN2O4/c1-14(15-6-3-2-4-7-15)22-19(25)13-27-20(26)11-10-18(24)23-17-9-5-8-16(21)12-17/h2-9,12,14H,10-11,13H2,1H3,(H,22,25)(H,23,24)/t14-/m1/s1.